The zero-order chi connectivity index (χ0) is 19.6. The number of carbonyl (C=O) groups is 1. The van der Waals surface area contributed by atoms with Crippen LogP contribution < -0.4 is 4.74 Å². The molecular formula is C21H33O4W5Y4-3. The van der Waals surface area contributed by atoms with Crippen molar-refractivity contribution in [1.82, 2.24) is 0 Å². The predicted octanol–water partition coefficient (Wildman–Crippen LogP) is 5.02. The van der Waals surface area contributed by atoms with E-state index < -0.39 is 0 Å². The Labute approximate surface area is 381 Å². The molecule has 0 atom stereocenters. The SMILES string of the molecule is CC(=O)OC[C-]1CCc2[c-]c(O)c(C)[c-]c2O1.CC(C)C.CC(C)C.[W].[W].[W].[W].[W].[Y].[Y].[Y].[Y]. The zero-order valence-electron chi connectivity index (χ0n) is 21.3. The van der Waals surface area contributed by atoms with E-state index in [4.69, 9.17) is 9.47 Å². The summed E-state index contributed by atoms with van der Waals surface area (Å²) in [6.45, 7) is 16.3. The topological polar surface area (TPSA) is 55.8 Å². The fourth-order valence-corrected chi connectivity index (χ4v) is 1.61. The van der Waals surface area contributed by atoms with Crippen molar-refractivity contribution in [3.63, 3.8) is 0 Å². The molecule has 1 N–H and O–H groups in total. The summed E-state index contributed by atoms with van der Waals surface area (Å²) in [5.74, 6) is 2.01. The first kappa shape index (κ1) is 67.7. The number of phenols is 1. The van der Waals surface area contributed by atoms with Crippen LogP contribution in [0.25, 0.3) is 0 Å². The summed E-state index contributed by atoms with van der Waals surface area (Å²) >= 11 is 0. The Bertz CT molecular complexity index is 547. The van der Waals surface area contributed by atoms with Crippen LogP contribution in [0.2, 0.25) is 0 Å². The summed E-state index contributed by atoms with van der Waals surface area (Å²) in [6, 6.07) is 5.81. The van der Waals surface area contributed by atoms with Crippen LogP contribution in [0.1, 0.15) is 66.0 Å². The van der Waals surface area contributed by atoms with Crippen molar-refractivity contribution in [2.24, 2.45) is 11.8 Å². The molecular weight excluding hydrogens is 1590 g/mol. The second-order valence-corrected chi connectivity index (χ2v) is 7.42. The Morgan fingerprint density at radius 3 is 1.68 bits per heavy atom. The molecule has 0 saturated carbocycles. The third-order valence-corrected chi connectivity index (χ3v) is 2.54. The molecule has 0 bridgehead atoms. The number of fused-ring (bicyclic) bond motifs is 1. The zero-order valence-corrected chi connectivity index (χ0v) is 47.3. The summed E-state index contributed by atoms with van der Waals surface area (Å²) in [5, 5.41) is 9.50. The largest absolute Gasteiger partial charge is 0.729 e. The van der Waals surface area contributed by atoms with Gasteiger partial charge in [-0.3, -0.25) is 16.9 Å². The normalized spacial score (nSPS) is 9.59. The number of hydrogen-bond acceptors (Lipinski definition) is 4. The van der Waals surface area contributed by atoms with E-state index in [1.807, 2.05) is 0 Å². The van der Waals surface area contributed by atoms with Gasteiger partial charge in [-0.25, -0.2) is 11.1 Å². The number of ether oxygens (including phenoxy) is 2. The molecule has 1 aromatic carbocycles. The number of carbonyl (C=O) groups excluding carboxylic acids is 1. The van der Waals surface area contributed by atoms with Gasteiger partial charge in [0.2, 0.25) is 0 Å². The molecule has 1 aromatic rings. The minimum Gasteiger partial charge on any atom is -0.729 e. The fraction of sp³-hybridized carbons (Fsp3) is 0.619. The quantitative estimate of drug-likeness (QED) is 0.335. The van der Waals surface area contributed by atoms with Crippen molar-refractivity contribution in [3.05, 3.63) is 29.4 Å². The van der Waals surface area contributed by atoms with Crippen LogP contribution in [-0.2, 0) is 252 Å². The van der Waals surface area contributed by atoms with Crippen molar-refractivity contribution in [2.75, 3.05) is 6.61 Å². The second-order valence-electron chi connectivity index (χ2n) is 7.42. The molecule has 1 aliphatic heterocycles. The smallest absolute Gasteiger partial charge is 0.300 e. The van der Waals surface area contributed by atoms with Crippen LogP contribution in [0.15, 0.2) is 0 Å². The van der Waals surface area contributed by atoms with Crippen LogP contribution in [0.5, 0.6) is 11.5 Å². The molecule has 1 aliphatic rings. The Morgan fingerprint density at radius 2 is 1.32 bits per heavy atom. The number of esters is 1. The van der Waals surface area contributed by atoms with Gasteiger partial charge in [-0.15, -0.1) is 30.9 Å². The average Bonchev–Trinajstić information content (AvgIpc) is 2.45. The molecule has 0 saturated heterocycles. The molecule has 186 valence electrons. The molecule has 0 spiro atoms. The molecule has 13 heteroatoms. The first-order valence-electron chi connectivity index (χ1n) is 8.85. The maximum atomic E-state index is 10.7. The first-order chi connectivity index (χ1) is 11.5. The van der Waals surface area contributed by atoms with Gasteiger partial charge < -0.3 is 14.6 Å². The van der Waals surface area contributed by atoms with E-state index in [0.717, 1.165) is 17.4 Å². The van der Waals surface area contributed by atoms with E-state index in [1.165, 1.54) is 6.92 Å². The number of rotatable bonds is 2. The summed E-state index contributed by atoms with van der Waals surface area (Å²) in [5.41, 5.74) is 1.40. The summed E-state index contributed by atoms with van der Waals surface area (Å²) in [7, 11) is 0. The van der Waals surface area contributed by atoms with Crippen molar-refractivity contribution in [1.29, 1.82) is 0 Å². The van der Waals surface area contributed by atoms with E-state index in [0.29, 0.717) is 30.3 Å². The predicted molar refractivity (Wildman–Crippen MR) is 100 cm³/mol. The minimum atomic E-state index is -0.329. The second kappa shape index (κ2) is 41.3. The van der Waals surface area contributed by atoms with Crippen molar-refractivity contribution >= 4 is 5.97 Å². The summed E-state index contributed by atoms with van der Waals surface area (Å²) in [4.78, 5) is 10.7. The summed E-state index contributed by atoms with van der Waals surface area (Å²) in [6.07, 6.45) is 2.06. The van der Waals surface area contributed by atoms with Crippen LogP contribution in [0.4, 0.5) is 0 Å². The van der Waals surface area contributed by atoms with Crippen molar-refractivity contribution in [2.45, 2.75) is 68.2 Å². The number of hydrogen-bond donors (Lipinski definition) is 1. The molecule has 4 nitrogen and oxygen atoms in total. The van der Waals surface area contributed by atoms with E-state index in [1.54, 1.807) is 6.92 Å². The number of aromatic hydroxyl groups is 1. The van der Waals surface area contributed by atoms with E-state index in [9.17, 15) is 9.90 Å². The Kier molecular flexibility index (Phi) is 82.2. The van der Waals surface area contributed by atoms with Crippen LogP contribution in [0.3, 0.4) is 0 Å². The average molecular weight is 1620 g/mol. The number of phenolic OH excluding ortho intramolecular Hbond substituents is 1. The van der Waals surface area contributed by atoms with Crippen molar-refractivity contribution in [3.8, 4) is 11.5 Å². The maximum Gasteiger partial charge on any atom is 0.300 e. The van der Waals surface area contributed by atoms with Gasteiger partial charge in [-0.05, 0) is 11.8 Å². The maximum absolute atomic E-state index is 10.7. The third-order valence-electron chi connectivity index (χ3n) is 2.54. The van der Waals surface area contributed by atoms with Crippen LogP contribution in [-0.4, -0.2) is 17.7 Å². The monoisotopic (exact) mass is 1620 g/mol. The molecule has 0 aliphatic carbocycles. The summed E-state index contributed by atoms with van der Waals surface area (Å²) < 4.78 is 10.4. The Morgan fingerprint density at radius 1 is 0.941 bits per heavy atom. The fourth-order valence-electron chi connectivity index (χ4n) is 1.61. The van der Waals surface area contributed by atoms with Gasteiger partial charge in [0, 0.05) is 250 Å². The van der Waals surface area contributed by atoms with Gasteiger partial charge in [0.15, 0.2) is 0 Å². The number of aryl methyl sites for hydroxylation is 2. The van der Waals surface area contributed by atoms with Crippen LogP contribution >= 0.6 is 0 Å². The molecule has 0 amide bonds. The Balaban J connectivity index is -0.0000000378. The van der Waals surface area contributed by atoms with Crippen molar-refractivity contribution < 1.29 is 256 Å². The molecule has 0 unspecified atom stereocenters. The van der Waals surface area contributed by atoms with Gasteiger partial charge in [-0.1, -0.05) is 41.5 Å². The van der Waals surface area contributed by atoms with Gasteiger partial charge in [0.25, 0.3) is 5.97 Å². The standard InChI is InChI=1S/C13H13O4.2C4H10.5W.4Y/c1-8-5-13-10(6-12(8)15)3-4-11(17-13)7-16-9(2)14;2*1-4(2)3;;;;;;;;;/h15H,3-4,7H2,1-2H3;2*4H,1-3H3;;;;;;;;;/q-3;;;;;;;;;;;. The first-order valence-corrected chi connectivity index (χ1v) is 8.85. The molecule has 4 radical (unpaired) electrons. The number of benzene rings is 1. The Hall–Kier alpha value is 6.15. The van der Waals surface area contributed by atoms with Crippen LogP contribution in [0, 0.1) is 37.0 Å². The third kappa shape index (κ3) is 40.3. The van der Waals surface area contributed by atoms with Gasteiger partial charge in [0.05, 0.1) is 0 Å². The molecule has 34 heavy (non-hydrogen) atoms. The molecule has 2 rings (SSSR count). The van der Waals surface area contributed by atoms with Gasteiger partial charge in [0.1, 0.15) is 0 Å². The van der Waals surface area contributed by atoms with Gasteiger partial charge >= 0.3 is 0 Å². The van der Waals surface area contributed by atoms with E-state index >= 15 is 0 Å². The minimum absolute atomic E-state index is 0. The molecule has 0 aromatic heterocycles. The van der Waals surface area contributed by atoms with Gasteiger partial charge in [-0.2, -0.15) is 6.42 Å². The molecule has 1 heterocycles. The van der Waals surface area contributed by atoms with E-state index in [2.05, 4.69) is 53.7 Å². The molecule has 0 fully saturated rings. The van der Waals surface area contributed by atoms with E-state index in [-0.39, 0.29) is 254 Å².